The van der Waals surface area contributed by atoms with Crippen molar-refractivity contribution in [1.29, 1.82) is 0 Å². The zero-order valence-corrected chi connectivity index (χ0v) is 11.5. The van der Waals surface area contributed by atoms with Gasteiger partial charge in [0.05, 0.1) is 15.8 Å². The summed E-state index contributed by atoms with van der Waals surface area (Å²) in [5.74, 6) is 0.0469. The molecular weight excluding hydrogens is 273 g/mol. The van der Waals surface area contributed by atoms with Crippen molar-refractivity contribution >= 4 is 34.8 Å². The smallest absolute Gasteiger partial charge is 0.243 e. The Labute approximate surface area is 116 Å². The Hall–Kier alpha value is -1.13. The molecule has 1 amide bonds. The fourth-order valence-electron chi connectivity index (χ4n) is 1.79. The van der Waals surface area contributed by atoms with Gasteiger partial charge in [-0.15, -0.1) is 0 Å². The lowest BCUT2D eigenvalue weighted by atomic mass is 10.1. The molecule has 0 unspecified atom stereocenters. The lowest BCUT2D eigenvalue weighted by Crippen LogP contribution is -2.32. The largest absolute Gasteiger partial charge is 0.273 e. The molecule has 0 aliphatic carbocycles. The van der Waals surface area contributed by atoms with Crippen molar-refractivity contribution in [2.75, 3.05) is 6.54 Å². The Kier molecular flexibility index (Phi) is 4.19. The molecule has 4 nitrogen and oxygen atoms in total. The maximum absolute atomic E-state index is 11.6. The van der Waals surface area contributed by atoms with Gasteiger partial charge in [0, 0.05) is 25.6 Å². The van der Waals surface area contributed by atoms with Crippen molar-refractivity contribution < 1.29 is 4.79 Å². The summed E-state index contributed by atoms with van der Waals surface area (Å²) in [7, 11) is 0. The van der Waals surface area contributed by atoms with Crippen LogP contribution in [0.25, 0.3) is 0 Å². The van der Waals surface area contributed by atoms with Crippen LogP contribution in [0.15, 0.2) is 17.4 Å². The van der Waals surface area contributed by atoms with E-state index in [2.05, 4.69) is 10.1 Å². The standard InChI is InChI=1S/C12H13Cl2N3O/c1-2-5-17-11(18)4-3-10(16-17)12-9(14)6-8(13)7-15-12/h6-7H,2-5H2,1H3. The normalized spacial score (nSPS) is 15.8. The van der Waals surface area contributed by atoms with Crippen molar-refractivity contribution in [3.05, 3.63) is 28.0 Å². The van der Waals surface area contributed by atoms with Crippen LogP contribution in [0.4, 0.5) is 0 Å². The summed E-state index contributed by atoms with van der Waals surface area (Å²) in [4.78, 5) is 15.8. The number of nitrogens with zero attached hydrogens (tertiary/aromatic N) is 3. The molecule has 1 aromatic heterocycles. The summed E-state index contributed by atoms with van der Waals surface area (Å²) < 4.78 is 0. The minimum atomic E-state index is 0.0469. The molecule has 96 valence electrons. The van der Waals surface area contributed by atoms with E-state index in [1.807, 2.05) is 6.92 Å². The summed E-state index contributed by atoms with van der Waals surface area (Å²) in [5.41, 5.74) is 1.35. The first-order valence-corrected chi connectivity index (χ1v) is 6.56. The Bertz CT molecular complexity index is 502. The molecule has 1 aliphatic rings. The molecule has 6 heteroatoms. The Balaban J connectivity index is 2.32. The summed E-state index contributed by atoms with van der Waals surface area (Å²) in [6.45, 7) is 2.62. The molecule has 0 radical (unpaired) electrons. The van der Waals surface area contributed by atoms with Crippen molar-refractivity contribution in [1.82, 2.24) is 9.99 Å². The highest BCUT2D eigenvalue weighted by atomic mass is 35.5. The van der Waals surface area contributed by atoms with E-state index in [-0.39, 0.29) is 5.91 Å². The van der Waals surface area contributed by atoms with Crippen LogP contribution in [0, 0.1) is 0 Å². The van der Waals surface area contributed by atoms with Gasteiger partial charge in [0.1, 0.15) is 5.69 Å². The maximum atomic E-state index is 11.6. The Morgan fingerprint density at radius 1 is 1.39 bits per heavy atom. The molecule has 0 spiro atoms. The molecule has 1 aromatic rings. The number of hydrogen-bond donors (Lipinski definition) is 0. The second-order valence-corrected chi connectivity index (χ2v) is 4.89. The van der Waals surface area contributed by atoms with E-state index in [9.17, 15) is 4.79 Å². The van der Waals surface area contributed by atoms with Crippen LogP contribution < -0.4 is 0 Å². The zero-order chi connectivity index (χ0) is 13.1. The number of halogens is 2. The first-order chi connectivity index (χ1) is 8.61. The molecule has 0 fully saturated rings. The third kappa shape index (κ3) is 2.82. The molecule has 0 aromatic carbocycles. The molecule has 2 heterocycles. The van der Waals surface area contributed by atoms with E-state index < -0.39 is 0 Å². The summed E-state index contributed by atoms with van der Waals surface area (Å²) in [5, 5.41) is 6.77. The van der Waals surface area contributed by atoms with E-state index in [1.54, 1.807) is 6.07 Å². The topological polar surface area (TPSA) is 45.6 Å². The van der Waals surface area contributed by atoms with Gasteiger partial charge in [0.2, 0.25) is 5.91 Å². The number of carbonyl (C=O) groups excluding carboxylic acids is 1. The van der Waals surface area contributed by atoms with Gasteiger partial charge in [-0.25, -0.2) is 5.01 Å². The maximum Gasteiger partial charge on any atom is 0.243 e. The highest BCUT2D eigenvalue weighted by molar-refractivity contribution is 6.36. The van der Waals surface area contributed by atoms with Gasteiger partial charge in [0.15, 0.2) is 0 Å². The van der Waals surface area contributed by atoms with Gasteiger partial charge in [-0.1, -0.05) is 30.1 Å². The van der Waals surface area contributed by atoms with Gasteiger partial charge >= 0.3 is 0 Å². The Morgan fingerprint density at radius 2 is 2.17 bits per heavy atom. The minimum absolute atomic E-state index is 0.0469. The average molecular weight is 286 g/mol. The van der Waals surface area contributed by atoms with E-state index in [0.717, 1.165) is 12.1 Å². The van der Waals surface area contributed by atoms with Crippen LogP contribution in [0.2, 0.25) is 10.0 Å². The highest BCUT2D eigenvalue weighted by Gasteiger charge is 2.22. The van der Waals surface area contributed by atoms with Crippen LogP contribution in [0.1, 0.15) is 31.9 Å². The number of pyridine rings is 1. The highest BCUT2D eigenvalue weighted by Crippen LogP contribution is 2.23. The van der Waals surface area contributed by atoms with E-state index in [0.29, 0.717) is 35.1 Å². The minimum Gasteiger partial charge on any atom is -0.273 e. The van der Waals surface area contributed by atoms with Crippen LogP contribution in [0.5, 0.6) is 0 Å². The first-order valence-electron chi connectivity index (χ1n) is 5.81. The van der Waals surface area contributed by atoms with Crippen LogP contribution >= 0.6 is 23.2 Å². The number of rotatable bonds is 3. The second kappa shape index (κ2) is 5.67. The molecule has 18 heavy (non-hydrogen) atoms. The molecule has 2 rings (SSSR count). The third-order valence-corrected chi connectivity index (χ3v) is 3.12. The molecule has 0 saturated carbocycles. The van der Waals surface area contributed by atoms with Gasteiger partial charge in [0.25, 0.3) is 0 Å². The first kappa shape index (κ1) is 13.3. The van der Waals surface area contributed by atoms with Gasteiger partial charge in [-0.05, 0) is 12.5 Å². The quantitative estimate of drug-likeness (QED) is 0.857. The summed E-state index contributed by atoms with van der Waals surface area (Å²) in [6.07, 6.45) is 3.41. The monoisotopic (exact) mass is 285 g/mol. The van der Waals surface area contributed by atoms with Crippen LogP contribution in [-0.4, -0.2) is 28.2 Å². The predicted octanol–water partition coefficient (Wildman–Crippen LogP) is 3.12. The zero-order valence-electron chi connectivity index (χ0n) is 9.99. The van der Waals surface area contributed by atoms with Crippen LogP contribution in [-0.2, 0) is 4.79 Å². The average Bonchev–Trinajstić information content (AvgIpc) is 2.33. The van der Waals surface area contributed by atoms with Crippen LogP contribution in [0.3, 0.4) is 0 Å². The SMILES string of the molecule is CCCN1N=C(c2ncc(Cl)cc2Cl)CCC1=O. The number of hydrazone groups is 1. The van der Waals surface area contributed by atoms with Crippen molar-refractivity contribution in [2.45, 2.75) is 26.2 Å². The van der Waals surface area contributed by atoms with Crippen molar-refractivity contribution in [3.63, 3.8) is 0 Å². The number of amides is 1. The fraction of sp³-hybridized carbons (Fsp3) is 0.417. The molecule has 0 saturated heterocycles. The molecular formula is C12H13Cl2N3O. The predicted molar refractivity (Wildman–Crippen MR) is 72.0 cm³/mol. The lowest BCUT2D eigenvalue weighted by Gasteiger charge is -2.23. The number of hydrogen-bond acceptors (Lipinski definition) is 3. The van der Waals surface area contributed by atoms with Crippen molar-refractivity contribution in [2.24, 2.45) is 5.10 Å². The van der Waals surface area contributed by atoms with Gasteiger partial charge in [-0.3, -0.25) is 9.78 Å². The third-order valence-electron chi connectivity index (χ3n) is 2.62. The van der Waals surface area contributed by atoms with Gasteiger partial charge < -0.3 is 0 Å². The molecule has 0 bridgehead atoms. The molecule has 0 N–H and O–H groups in total. The number of carbonyl (C=O) groups is 1. The molecule has 0 atom stereocenters. The fourth-order valence-corrected chi connectivity index (χ4v) is 2.27. The number of aromatic nitrogens is 1. The molecule has 1 aliphatic heterocycles. The summed E-state index contributed by atoms with van der Waals surface area (Å²) in [6, 6.07) is 1.63. The van der Waals surface area contributed by atoms with E-state index in [4.69, 9.17) is 23.2 Å². The lowest BCUT2D eigenvalue weighted by molar-refractivity contribution is -0.131. The summed E-state index contributed by atoms with van der Waals surface area (Å²) >= 11 is 11.9. The Morgan fingerprint density at radius 3 is 2.83 bits per heavy atom. The van der Waals surface area contributed by atoms with Crippen molar-refractivity contribution in [3.8, 4) is 0 Å². The van der Waals surface area contributed by atoms with E-state index >= 15 is 0 Å². The second-order valence-electron chi connectivity index (χ2n) is 4.05. The van der Waals surface area contributed by atoms with Gasteiger partial charge in [-0.2, -0.15) is 5.10 Å². The van der Waals surface area contributed by atoms with E-state index in [1.165, 1.54) is 11.2 Å².